The molecule has 0 aromatic carbocycles. The second-order valence-corrected chi connectivity index (χ2v) is 6.63. The number of nitrogens with one attached hydrogen (secondary N) is 1. The van der Waals surface area contributed by atoms with Crippen LogP contribution in [0.5, 0.6) is 5.88 Å². The molecule has 3 aromatic rings. The Labute approximate surface area is 142 Å². The van der Waals surface area contributed by atoms with Crippen LogP contribution in [0.25, 0.3) is 10.6 Å². The number of thioether (sulfide) groups is 1. The van der Waals surface area contributed by atoms with E-state index in [1.165, 1.54) is 0 Å². The Morgan fingerprint density at radius 1 is 1.17 bits per heavy atom. The SMILES string of the molecule is COc1ccc(Nc2nccc(-c3sc(SC)nc3C)n2)cn1. The van der Waals surface area contributed by atoms with Gasteiger partial charge in [0.1, 0.15) is 0 Å². The standard InChI is InChI=1S/C15H15N5OS2/c1-9-13(23-15(18-9)22-3)11-6-7-16-14(20-11)19-10-4-5-12(21-2)17-8-10/h4-8H,1-3H3,(H,16,19,20). The number of aromatic nitrogens is 4. The molecule has 3 rings (SSSR count). The molecular weight excluding hydrogens is 330 g/mol. The number of thiazole rings is 1. The van der Waals surface area contributed by atoms with Crippen molar-refractivity contribution >= 4 is 34.7 Å². The predicted molar refractivity (Wildman–Crippen MR) is 93.7 cm³/mol. The van der Waals surface area contributed by atoms with E-state index in [1.54, 1.807) is 48.7 Å². The molecule has 8 heteroatoms. The molecule has 0 atom stereocenters. The fourth-order valence-corrected chi connectivity index (χ4v) is 3.53. The summed E-state index contributed by atoms with van der Waals surface area (Å²) in [7, 11) is 1.59. The van der Waals surface area contributed by atoms with Crippen LogP contribution in [-0.2, 0) is 0 Å². The Morgan fingerprint density at radius 2 is 2.04 bits per heavy atom. The van der Waals surface area contributed by atoms with Gasteiger partial charge in [0, 0.05) is 12.3 Å². The van der Waals surface area contributed by atoms with Crippen LogP contribution in [0.4, 0.5) is 11.6 Å². The van der Waals surface area contributed by atoms with Gasteiger partial charge in [0.15, 0.2) is 4.34 Å². The second-order valence-electron chi connectivity index (χ2n) is 4.58. The Kier molecular flexibility index (Phi) is 4.73. The summed E-state index contributed by atoms with van der Waals surface area (Å²) in [5.74, 6) is 1.09. The molecule has 0 fully saturated rings. The van der Waals surface area contributed by atoms with Crippen LogP contribution in [0.3, 0.4) is 0 Å². The lowest BCUT2D eigenvalue weighted by Crippen LogP contribution is -1.98. The van der Waals surface area contributed by atoms with Gasteiger partial charge in [-0.05, 0) is 25.3 Å². The molecule has 3 aromatic heterocycles. The summed E-state index contributed by atoms with van der Waals surface area (Å²) >= 11 is 3.27. The average molecular weight is 345 g/mol. The molecule has 0 aliphatic rings. The molecule has 0 saturated heterocycles. The number of methoxy groups -OCH3 is 1. The molecule has 0 bridgehead atoms. The number of aryl methyl sites for hydroxylation is 1. The van der Waals surface area contributed by atoms with Crippen molar-refractivity contribution in [1.82, 2.24) is 19.9 Å². The van der Waals surface area contributed by atoms with Crippen molar-refractivity contribution in [3.63, 3.8) is 0 Å². The van der Waals surface area contributed by atoms with Crippen molar-refractivity contribution in [3.05, 3.63) is 36.3 Å². The van der Waals surface area contributed by atoms with Crippen LogP contribution in [0.15, 0.2) is 34.9 Å². The zero-order chi connectivity index (χ0) is 16.2. The number of rotatable bonds is 5. The van der Waals surface area contributed by atoms with E-state index in [9.17, 15) is 0 Å². The van der Waals surface area contributed by atoms with E-state index >= 15 is 0 Å². The molecule has 3 heterocycles. The van der Waals surface area contributed by atoms with E-state index in [4.69, 9.17) is 4.74 Å². The largest absolute Gasteiger partial charge is 0.481 e. The van der Waals surface area contributed by atoms with Crippen molar-refractivity contribution in [2.45, 2.75) is 11.3 Å². The van der Waals surface area contributed by atoms with Crippen LogP contribution in [-0.4, -0.2) is 33.3 Å². The van der Waals surface area contributed by atoms with Crippen LogP contribution >= 0.6 is 23.1 Å². The first-order chi connectivity index (χ1) is 11.2. The van der Waals surface area contributed by atoms with Crippen molar-refractivity contribution < 1.29 is 4.74 Å². The van der Waals surface area contributed by atoms with Gasteiger partial charge >= 0.3 is 0 Å². The van der Waals surface area contributed by atoms with Crippen LogP contribution in [0, 0.1) is 6.92 Å². The normalized spacial score (nSPS) is 10.6. The summed E-state index contributed by atoms with van der Waals surface area (Å²) in [5, 5.41) is 3.14. The minimum Gasteiger partial charge on any atom is -0.481 e. The van der Waals surface area contributed by atoms with E-state index in [0.717, 1.165) is 26.3 Å². The zero-order valence-corrected chi connectivity index (χ0v) is 14.5. The first-order valence-corrected chi connectivity index (χ1v) is 8.85. The highest BCUT2D eigenvalue weighted by molar-refractivity contribution is 8.00. The van der Waals surface area contributed by atoms with Gasteiger partial charge in [-0.3, -0.25) is 0 Å². The highest BCUT2D eigenvalue weighted by Crippen LogP contribution is 2.33. The molecule has 0 amide bonds. The maximum atomic E-state index is 5.04. The molecule has 0 aliphatic carbocycles. The molecule has 0 saturated carbocycles. The van der Waals surface area contributed by atoms with E-state index < -0.39 is 0 Å². The lowest BCUT2D eigenvalue weighted by molar-refractivity contribution is 0.398. The minimum absolute atomic E-state index is 0.521. The molecular formula is C15H15N5OS2. The van der Waals surface area contributed by atoms with E-state index in [2.05, 4.69) is 25.3 Å². The van der Waals surface area contributed by atoms with Crippen LogP contribution in [0.2, 0.25) is 0 Å². The molecule has 23 heavy (non-hydrogen) atoms. The lowest BCUT2D eigenvalue weighted by atomic mass is 10.3. The third-order valence-electron chi connectivity index (χ3n) is 3.04. The maximum absolute atomic E-state index is 5.04. The zero-order valence-electron chi connectivity index (χ0n) is 12.9. The van der Waals surface area contributed by atoms with Gasteiger partial charge in [-0.1, -0.05) is 11.8 Å². The molecule has 0 aliphatic heterocycles. The molecule has 0 unspecified atom stereocenters. The average Bonchev–Trinajstić information content (AvgIpc) is 2.97. The number of ether oxygens (including phenoxy) is 1. The quantitative estimate of drug-likeness (QED) is 0.705. The molecule has 0 spiro atoms. The number of anilines is 2. The molecule has 1 N–H and O–H groups in total. The van der Waals surface area contributed by atoms with Gasteiger partial charge in [-0.2, -0.15) is 0 Å². The van der Waals surface area contributed by atoms with Crippen molar-refractivity contribution in [1.29, 1.82) is 0 Å². The first kappa shape index (κ1) is 15.7. The Balaban J connectivity index is 1.85. The number of hydrogen-bond donors (Lipinski definition) is 1. The first-order valence-electron chi connectivity index (χ1n) is 6.81. The van der Waals surface area contributed by atoms with Gasteiger partial charge in [0.25, 0.3) is 0 Å². The Bertz CT molecular complexity index is 804. The van der Waals surface area contributed by atoms with Gasteiger partial charge < -0.3 is 10.1 Å². The second kappa shape index (κ2) is 6.93. The Hall–Kier alpha value is -2.19. The van der Waals surface area contributed by atoms with E-state index in [-0.39, 0.29) is 0 Å². The maximum Gasteiger partial charge on any atom is 0.227 e. The van der Waals surface area contributed by atoms with Crippen molar-refractivity contribution in [3.8, 4) is 16.5 Å². The summed E-state index contributed by atoms with van der Waals surface area (Å²) in [6, 6.07) is 5.54. The van der Waals surface area contributed by atoms with E-state index in [1.807, 2.05) is 25.3 Å². The lowest BCUT2D eigenvalue weighted by Gasteiger charge is -2.06. The summed E-state index contributed by atoms with van der Waals surface area (Å²) in [5.41, 5.74) is 2.64. The van der Waals surface area contributed by atoms with Gasteiger partial charge in [-0.25, -0.2) is 19.9 Å². The smallest absolute Gasteiger partial charge is 0.227 e. The fourth-order valence-electron chi connectivity index (χ4n) is 1.95. The predicted octanol–water partition coefficient (Wildman–Crippen LogP) is 3.78. The Morgan fingerprint density at radius 3 is 2.70 bits per heavy atom. The monoisotopic (exact) mass is 345 g/mol. The summed E-state index contributed by atoms with van der Waals surface area (Å²) in [6.45, 7) is 1.99. The van der Waals surface area contributed by atoms with E-state index in [0.29, 0.717) is 11.8 Å². The topological polar surface area (TPSA) is 72.8 Å². The number of pyridine rings is 1. The minimum atomic E-state index is 0.521. The van der Waals surface area contributed by atoms with Crippen LogP contribution < -0.4 is 10.1 Å². The number of nitrogens with zero attached hydrogens (tertiary/aromatic N) is 4. The van der Waals surface area contributed by atoms with Gasteiger partial charge in [-0.15, -0.1) is 11.3 Å². The molecule has 118 valence electrons. The van der Waals surface area contributed by atoms with Crippen molar-refractivity contribution in [2.75, 3.05) is 18.7 Å². The van der Waals surface area contributed by atoms with Crippen molar-refractivity contribution in [2.24, 2.45) is 0 Å². The fraction of sp³-hybridized carbons (Fsp3) is 0.200. The summed E-state index contributed by atoms with van der Waals surface area (Å²) < 4.78 is 6.08. The molecule has 6 nitrogen and oxygen atoms in total. The van der Waals surface area contributed by atoms with Crippen LogP contribution in [0.1, 0.15) is 5.69 Å². The number of hydrogen-bond acceptors (Lipinski definition) is 8. The summed E-state index contributed by atoms with van der Waals surface area (Å²) in [6.07, 6.45) is 5.43. The van der Waals surface area contributed by atoms with Gasteiger partial charge in [0.2, 0.25) is 11.8 Å². The highest BCUT2D eigenvalue weighted by atomic mass is 32.2. The third-order valence-corrected chi connectivity index (χ3v) is 5.21. The highest BCUT2D eigenvalue weighted by Gasteiger charge is 2.11. The van der Waals surface area contributed by atoms with Gasteiger partial charge in [0.05, 0.1) is 35.3 Å². The molecule has 0 radical (unpaired) electrons. The summed E-state index contributed by atoms with van der Waals surface area (Å²) in [4.78, 5) is 18.6. The third kappa shape index (κ3) is 3.59.